The summed E-state index contributed by atoms with van der Waals surface area (Å²) in [6.45, 7) is 2.05. The topological polar surface area (TPSA) is 68.3 Å². The lowest BCUT2D eigenvalue weighted by Gasteiger charge is -2.07. The average Bonchev–Trinajstić information content (AvgIpc) is 3.24. The van der Waals surface area contributed by atoms with Gasteiger partial charge in [0.25, 0.3) is 5.91 Å². The molecule has 0 unspecified atom stereocenters. The Hall–Kier alpha value is -2.25. The number of rotatable bonds is 7. The molecular formula is C18H16ClFN2O3S. The van der Waals surface area contributed by atoms with Gasteiger partial charge in [-0.2, -0.15) is 11.8 Å². The van der Waals surface area contributed by atoms with E-state index in [1.165, 1.54) is 18.2 Å². The Labute approximate surface area is 158 Å². The SMILES string of the molecule is Cc1onc(-c2c(F)cccc2Cl)c1C(=O)NCCSCc1ccco1. The first-order valence-electron chi connectivity index (χ1n) is 7.87. The van der Waals surface area contributed by atoms with Crippen LogP contribution in [0.2, 0.25) is 5.02 Å². The molecule has 26 heavy (non-hydrogen) atoms. The number of aromatic nitrogens is 1. The van der Waals surface area contributed by atoms with Crippen molar-refractivity contribution in [3.63, 3.8) is 0 Å². The molecule has 0 radical (unpaired) electrons. The number of nitrogens with zero attached hydrogens (tertiary/aromatic N) is 1. The molecular weight excluding hydrogens is 379 g/mol. The molecule has 3 rings (SSSR count). The molecule has 0 spiro atoms. The Morgan fingerprint density at radius 3 is 2.92 bits per heavy atom. The van der Waals surface area contributed by atoms with Crippen molar-refractivity contribution in [1.29, 1.82) is 0 Å². The van der Waals surface area contributed by atoms with Crippen LogP contribution in [0, 0.1) is 12.7 Å². The molecule has 0 fully saturated rings. The van der Waals surface area contributed by atoms with Crippen LogP contribution in [0.1, 0.15) is 21.9 Å². The molecule has 1 aromatic carbocycles. The van der Waals surface area contributed by atoms with Crippen molar-refractivity contribution in [2.24, 2.45) is 0 Å². The van der Waals surface area contributed by atoms with E-state index in [1.54, 1.807) is 24.9 Å². The Kier molecular flexibility index (Phi) is 6.00. The zero-order valence-electron chi connectivity index (χ0n) is 13.9. The molecule has 5 nitrogen and oxygen atoms in total. The van der Waals surface area contributed by atoms with Gasteiger partial charge in [0, 0.05) is 12.3 Å². The highest BCUT2D eigenvalue weighted by Gasteiger charge is 2.25. The summed E-state index contributed by atoms with van der Waals surface area (Å²) in [4.78, 5) is 12.5. The minimum atomic E-state index is -0.561. The van der Waals surface area contributed by atoms with Gasteiger partial charge in [-0.25, -0.2) is 4.39 Å². The summed E-state index contributed by atoms with van der Waals surface area (Å²) >= 11 is 7.71. The van der Waals surface area contributed by atoms with E-state index in [0.29, 0.717) is 18.1 Å². The maximum atomic E-state index is 14.2. The summed E-state index contributed by atoms with van der Waals surface area (Å²) in [5, 5.41) is 6.80. The maximum absolute atomic E-state index is 14.2. The third-order valence-corrected chi connectivity index (χ3v) is 4.94. The van der Waals surface area contributed by atoms with Crippen LogP contribution in [0.25, 0.3) is 11.3 Å². The predicted octanol–water partition coefficient (Wildman–Crippen LogP) is 4.70. The number of amides is 1. The van der Waals surface area contributed by atoms with Crippen molar-refractivity contribution in [1.82, 2.24) is 10.5 Å². The number of hydrogen-bond donors (Lipinski definition) is 1. The minimum Gasteiger partial charge on any atom is -0.468 e. The van der Waals surface area contributed by atoms with Gasteiger partial charge in [-0.15, -0.1) is 0 Å². The van der Waals surface area contributed by atoms with Crippen molar-refractivity contribution in [3.05, 3.63) is 64.5 Å². The van der Waals surface area contributed by atoms with Crippen LogP contribution in [0.4, 0.5) is 4.39 Å². The van der Waals surface area contributed by atoms with Crippen LogP contribution < -0.4 is 5.32 Å². The lowest BCUT2D eigenvalue weighted by atomic mass is 10.0. The molecule has 0 saturated carbocycles. The molecule has 1 amide bonds. The second-order valence-electron chi connectivity index (χ2n) is 5.45. The minimum absolute atomic E-state index is 0.0587. The number of halogens is 2. The van der Waals surface area contributed by atoms with Gasteiger partial charge in [0.15, 0.2) is 0 Å². The van der Waals surface area contributed by atoms with Gasteiger partial charge >= 0.3 is 0 Å². The smallest absolute Gasteiger partial charge is 0.257 e. The van der Waals surface area contributed by atoms with Gasteiger partial charge in [-0.3, -0.25) is 4.79 Å². The Morgan fingerprint density at radius 2 is 2.19 bits per heavy atom. The van der Waals surface area contributed by atoms with E-state index in [9.17, 15) is 9.18 Å². The Balaban J connectivity index is 1.65. The van der Waals surface area contributed by atoms with Gasteiger partial charge in [0.1, 0.15) is 28.6 Å². The van der Waals surface area contributed by atoms with Crippen molar-refractivity contribution < 1.29 is 18.1 Å². The van der Waals surface area contributed by atoms with Crippen LogP contribution in [0.5, 0.6) is 0 Å². The van der Waals surface area contributed by atoms with Crippen molar-refractivity contribution in [3.8, 4) is 11.3 Å². The number of benzene rings is 1. The lowest BCUT2D eigenvalue weighted by Crippen LogP contribution is -2.26. The van der Waals surface area contributed by atoms with Gasteiger partial charge in [0.2, 0.25) is 0 Å². The molecule has 0 aliphatic rings. The molecule has 0 saturated heterocycles. The quantitative estimate of drug-likeness (QED) is 0.588. The number of hydrogen-bond acceptors (Lipinski definition) is 5. The molecule has 0 bridgehead atoms. The second kappa shape index (κ2) is 8.42. The first-order chi connectivity index (χ1) is 12.6. The molecule has 1 N–H and O–H groups in total. The summed E-state index contributed by atoms with van der Waals surface area (Å²) in [6.07, 6.45) is 1.63. The summed E-state index contributed by atoms with van der Waals surface area (Å²) in [6, 6.07) is 8.03. The lowest BCUT2D eigenvalue weighted by molar-refractivity contribution is 0.0955. The third-order valence-electron chi connectivity index (χ3n) is 3.65. The van der Waals surface area contributed by atoms with Crippen LogP contribution in [-0.2, 0) is 5.75 Å². The molecule has 136 valence electrons. The molecule has 0 aliphatic carbocycles. The molecule has 2 aromatic heterocycles. The summed E-state index contributed by atoms with van der Waals surface area (Å²) < 4.78 is 24.5. The number of thioether (sulfide) groups is 1. The largest absolute Gasteiger partial charge is 0.468 e. The van der Waals surface area contributed by atoms with Gasteiger partial charge in [0.05, 0.1) is 22.6 Å². The Morgan fingerprint density at radius 1 is 1.35 bits per heavy atom. The van der Waals surface area contributed by atoms with E-state index in [-0.39, 0.29) is 27.8 Å². The van der Waals surface area contributed by atoms with E-state index in [1.807, 2.05) is 12.1 Å². The maximum Gasteiger partial charge on any atom is 0.257 e. The van der Waals surface area contributed by atoms with E-state index in [4.69, 9.17) is 20.5 Å². The average molecular weight is 395 g/mol. The van der Waals surface area contributed by atoms with Gasteiger partial charge in [-0.05, 0) is 31.2 Å². The Bertz CT molecular complexity index is 876. The predicted molar refractivity (Wildman–Crippen MR) is 98.8 cm³/mol. The first kappa shape index (κ1) is 18.5. The van der Waals surface area contributed by atoms with Crippen LogP contribution in [-0.4, -0.2) is 23.4 Å². The summed E-state index contributed by atoms with van der Waals surface area (Å²) in [5.41, 5.74) is 0.350. The molecule has 2 heterocycles. The fourth-order valence-electron chi connectivity index (χ4n) is 2.43. The number of aryl methyl sites for hydroxylation is 1. The monoisotopic (exact) mass is 394 g/mol. The van der Waals surface area contributed by atoms with E-state index in [2.05, 4.69) is 10.5 Å². The van der Waals surface area contributed by atoms with Gasteiger partial charge < -0.3 is 14.3 Å². The zero-order valence-corrected chi connectivity index (χ0v) is 15.5. The fraction of sp³-hybridized carbons (Fsp3) is 0.222. The molecule has 8 heteroatoms. The molecule has 0 atom stereocenters. The van der Waals surface area contributed by atoms with Gasteiger partial charge in [-0.1, -0.05) is 22.8 Å². The standard InChI is InChI=1S/C18H16ClFN2O3S/c1-11-15(17(22-25-11)16-13(19)5-2-6-14(16)20)18(23)21-7-9-26-10-12-4-3-8-24-12/h2-6,8H,7,9-10H2,1H3,(H,21,23). The highest BCUT2D eigenvalue weighted by molar-refractivity contribution is 7.98. The van der Waals surface area contributed by atoms with Crippen LogP contribution in [0.3, 0.4) is 0 Å². The fourth-order valence-corrected chi connectivity index (χ4v) is 3.44. The number of furan rings is 1. The number of carbonyl (C=O) groups excluding carboxylic acids is 1. The summed E-state index contributed by atoms with van der Waals surface area (Å²) in [7, 11) is 0. The van der Waals surface area contributed by atoms with E-state index >= 15 is 0 Å². The van der Waals surface area contributed by atoms with E-state index < -0.39 is 5.82 Å². The first-order valence-corrected chi connectivity index (χ1v) is 9.40. The molecule has 0 aliphatic heterocycles. The highest BCUT2D eigenvalue weighted by Crippen LogP contribution is 2.33. The second-order valence-corrected chi connectivity index (χ2v) is 6.96. The number of carbonyl (C=O) groups is 1. The van der Waals surface area contributed by atoms with E-state index in [0.717, 1.165) is 11.5 Å². The summed E-state index contributed by atoms with van der Waals surface area (Å²) in [5.74, 6) is 1.68. The third kappa shape index (κ3) is 4.11. The zero-order chi connectivity index (χ0) is 18.5. The molecule has 3 aromatic rings. The van der Waals surface area contributed by atoms with Crippen LogP contribution >= 0.6 is 23.4 Å². The van der Waals surface area contributed by atoms with Crippen molar-refractivity contribution in [2.75, 3.05) is 12.3 Å². The van der Waals surface area contributed by atoms with Crippen molar-refractivity contribution in [2.45, 2.75) is 12.7 Å². The highest BCUT2D eigenvalue weighted by atomic mass is 35.5. The van der Waals surface area contributed by atoms with Crippen molar-refractivity contribution >= 4 is 29.3 Å². The van der Waals surface area contributed by atoms with Crippen LogP contribution in [0.15, 0.2) is 45.5 Å². The normalized spacial score (nSPS) is 10.9. The number of nitrogens with one attached hydrogen (secondary N) is 1.